The maximum Gasteiger partial charge on any atom is 0.147 e. The molecule has 0 unspecified atom stereocenters. The summed E-state index contributed by atoms with van der Waals surface area (Å²) in [5, 5.41) is 17.7. The summed E-state index contributed by atoms with van der Waals surface area (Å²) in [5.41, 5.74) is 0.812. The fourth-order valence-corrected chi connectivity index (χ4v) is 2.12. The van der Waals surface area contributed by atoms with Crippen LogP contribution < -0.4 is 4.90 Å². The fourth-order valence-electron chi connectivity index (χ4n) is 2.12. The van der Waals surface area contributed by atoms with Crippen molar-refractivity contribution in [2.75, 3.05) is 18.1 Å². The van der Waals surface area contributed by atoms with Crippen LogP contribution in [0.15, 0.2) is 18.2 Å². The van der Waals surface area contributed by atoms with Crippen LogP contribution in [0.3, 0.4) is 0 Å². The number of halogens is 1. The van der Waals surface area contributed by atoms with Crippen LogP contribution in [-0.4, -0.2) is 24.3 Å². The third-order valence-corrected chi connectivity index (χ3v) is 3.24. The summed E-state index contributed by atoms with van der Waals surface area (Å²) in [6, 6.07) is 6.73. The molecule has 0 aliphatic heterocycles. The standard InChI is InChI=1S/C13H15FN2O/c14-12-8-10(9-15)4-5-13(12)16(6-7-17)11-2-1-3-11/h4-5,8,11,17H,1-3,6-7H2. The van der Waals surface area contributed by atoms with Gasteiger partial charge in [-0.15, -0.1) is 0 Å². The third-order valence-electron chi connectivity index (χ3n) is 3.24. The van der Waals surface area contributed by atoms with E-state index in [0.29, 0.717) is 23.8 Å². The van der Waals surface area contributed by atoms with Crippen LogP contribution in [-0.2, 0) is 0 Å². The van der Waals surface area contributed by atoms with Gasteiger partial charge in [-0.3, -0.25) is 0 Å². The molecule has 1 aliphatic rings. The molecule has 0 spiro atoms. The molecule has 0 aromatic heterocycles. The second-order valence-electron chi connectivity index (χ2n) is 4.28. The molecular formula is C13H15FN2O. The summed E-state index contributed by atoms with van der Waals surface area (Å²) in [6.07, 6.45) is 3.24. The second kappa shape index (κ2) is 5.15. The van der Waals surface area contributed by atoms with Gasteiger partial charge in [-0.25, -0.2) is 4.39 Å². The number of rotatable bonds is 4. The van der Waals surface area contributed by atoms with Gasteiger partial charge in [0.2, 0.25) is 0 Å². The maximum absolute atomic E-state index is 13.9. The van der Waals surface area contributed by atoms with Gasteiger partial charge < -0.3 is 10.0 Å². The van der Waals surface area contributed by atoms with Crippen molar-refractivity contribution < 1.29 is 9.50 Å². The molecule has 1 saturated carbocycles. The Morgan fingerprint density at radius 3 is 2.71 bits per heavy atom. The van der Waals surface area contributed by atoms with E-state index in [-0.39, 0.29) is 12.4 Å². The first-order chi connectivity index (χ1) is 8.26. The molecule has 0 saturated heterocycles. The first kappa shape index (κ1) is 11.9. The normalized spacial score (nSPS) is 15.1. The van der Waals surface area contributed by atoms with E-state index in [0.717, 1.165) is 19.3 Å². The van der Waals surface area contributed by atoms with Crippen LogP contribution >= 0.6 is 0 Å². The van der Waals surface area contributed by atoms with Crippen LogP contribution in [0.4, 0.5) is 10.1 Å². The van der Waals surface area contributed by atoms with Gasteiger partial charge >= 0.3 is 0 Å². The average molecular weight is 234 g/mol. The quantitative estimate of drug-likeness (QED) is 0.867. The van der Waals surface area contributed by atoms with E-state index in [9.17, 15) is 4.39 Å². The summed E-state index contributed by atoms with van der Waals surface area (Å²) in [5.74, 6) is -0.385. The van der Waals surface area contributed by atoms with Crippen LogP contribution in [0.5, 0.6) is 0 Å². The number of hydrogen-bond donors (Lipinski definition) is 1. The molecular weight excluding hydrogens is 219 g/mol. The Balaban J connectivity index is 2.26. The SMILES string of the molecule is N#Cc1ccc(N(CCO)C2CCC2)c(F)c1. The van der Waals surface area contributed by atoms with E-state index >= 15 is 0 Å². The first-order valence-electron chi connectivity index (χ1n) is 5.83. The monoisotopic (exact) mass is 234 g/mol. The van der Waals surface area contributed by atoms with Crippen molar-refractivity contribution in [3.8, 4) is 6.07 Å². The molecule has 0 radical (unpaired) electrons. The molecule has 0 bridgehead atoms. The lowest BCUT2D eigenvalue weighted by atomic mass is 9.91. The number of aliphatic hydroxyl groups is 1. The Bertz CT molecular complexity index is 438. The molecule has 0 heterocycles. The first-order valence-corrected chi connectivity index (χ1v) is 5.83. The van der Waals surface area contributed by atoms with Gasteiger partial charge in [0.15, 0.2) is 0 Å². The topological polar surface area (TPSA) is 47.3 Å². The van der Waals surface area contributed by atoms with Crippen LogP contribution in [0.25, 0.3) is 0 Å². The predicted octanol–water partition coefficient (Wildman–Crippen LogP) is 2.05. The zero-order chi connectivity index (χ0) is 12.3. The molecule has 1 aromatic rings. The molecule has 0 atom stereocenters. The number of nitrogens with zero attached hydrogens (tertiary/aromatic N) is 2. The number of benzene rings is 1. The highest BCUT2D eigenvalue weighted by molar-refractivity contribution is 5.52. The molecule has 1 N–H and O–H groups in total. The third kappa shape index (κ3) is 2.40. The summed E-state index contributed by atoms with van der Waals surface area (Å²) < 4.78 is 13.9. The Hall–Kier alpha value is -1.60. The lowest BCUT2D eigenvalue weighted by Crippen LogP contribution is -2.42. The van der Waals surface area contributed by atoms with Crippen molar-refractivity contribution in [2.45, 2.75) is 25.3 Å². The highest BCUT2D eigenvalue weighted by Gasteiger charge is 2.26. The summed E-state index contributed by atoms with van der Waals surface area (Å²) >= 11 is 0. The van der Waals surface area contributed by atoms with Crippen molar-refractivity contribution in [3.63, 3.8) is 0 Å². The number of hydrogen-bond acceptors (Lipinski definition) is 3. The molecule has 2 rings (SSSR count). The highest BCUT2D eigenvalue weighted by atomic mass is 19.1. The second-order valence-corrected chi connectivity index (χ2v) is 4.28. The molecule has 17 heavy (non-hydrogen) atoms. The van der Waals surface area contributed by atoms with Gasteiger partial charge in [0.05, 0.1) is 23.9 Å². The number of anilines is 1. The molecule has 1 aliphatic carbocycles. The van der Waals surface area contributed by atoms with E-state index in [2.05, 4.69) is 0 Å². The molecule has 3 nitrogen and oxygen atoms in total. The molecule has 1 fully saturated rings. The van der Waals surface area contributed by atoms with E-state index in [1.165, 1.54) is 6.07 Å². The smallest absolute Gasteiger partial charge is 0.147 e. The van der Waals surface area contributed by atoms with E-state index in [1.54, 1.807) is 12.1 Å². The van der Waals surface area contributed by atoms with Crippen molar-refractivity contribution in [1.29, 1.82) is 5.26 Å². The van der Waals surface area contributed by atoms with Crippen molar-refractivity contribution in [3.05, 3.63) is 29.6 Å². The van der Waals surface area contributed by atoms with Gasteiger partial charge in [0.25, 0.3) is 0 Å². The predicted molar refractivity (Wildman–Crippen MR) is 63.2 cm³/mol. The Morgan fingerprint density at radius 2 is 2.24 bits per heavy atom. The zero-order valence-electron chi connectivity index (χ0n) is 9.56. The Morgan fingerprint density at radius 1 is 1.47 bits per heavy atom. The van der Waals surface area contributed by atoms with Crippen molar-refractivity contribution in [2.24, 2.45) is 0 Å². The van der Waals surface area contributed by atoms with Crippen molar-refractivity contribution in [1.82, 2.24) is 0 Å². The summed E-state index contributed by atoms with van der Waals surface area (Å²) in [4.78, 5) is 1.90. The van der Waals surface area contributed by atoms with Gasteiger partial charge in [0.1, 0.15) is 5.82 Å². The minimum absolute atomic E-state index is 0.00986. The number of aliphatic hydroxyl groups excluding tert-OH is 1. The molecule has 1 aromatic carbocycles. The van der Waals surface area contributed by atoms with E-state index in [4.69, 9.17) is 10.4 Å². The van der Waals surface area contributed by atoms with Gasteiger partial charge in [-0.2, -0.15) is 5.26 Å². The summed E-state index contributed by atoms with van der Waals surface area (Å²) in [7, 11) is 0. The number of nitriles is 1. The average Bonchev–Trinajstić information content (AvgIpc) is 2.26. The van der Waals surface area contributed by atoms with E-state index in [1.807, 2.05) is 11.0 Å². The lowest BCUT2D eigenvalue weighted by molar-refractivity contribution is 0.283. The van der Waals surface area contributed by atoms with Gasteiger partial charge in [-0.05, 0) is 37.5 Å². The molecule has 4 heteroatoms. The Labute approximate surface area is 100 Å². The largest absolute Gasteiger partial charge is 0.395 e. The lowest BCUT2D eigenvalue weighted by Gasteiger charge is -2.39. The van der Waals surface area contributed by atoms with E-state index < -0.39 is 0 Å². The Kier molecular flexibility index (Phi) is 3.60. The molecule has 0 amide bonds. The minimum atomic E-state index is -0.385. The maximum atomic E-state index is 13.9. The molecule has 90 valence electrons. The zero-order valence-corrected chi connectivity index (χ0v) is 9.56. The minimum Gasteiger partial charge on any atom is -0.395 e. The van der Waals surface area contributed by atoms with Crippen molar-refractivity contribution >= 4 is 5.69 Å². The van der Waals surface area contributed by atoms with Crippen LogP contribution in [0.2, 0.25) is 0 Å². The summed E-state index contributed by atoms with van der Waals surface area (Å²) in [6.45, 7) is 0.448. The highest BCUT2D eigenvalue weighted by Crippen LogP contribution is 2.31. The fraction of sp³-hybridized carbons (Fsp3) is 0.462. The van der Waals surface area contributed by atoms with Gasteiger partial charge in [-0.1, -0.05) is 0 Å². The van der Waals surface area contributed by atoms with Gasteiger partial charge in [0, 0.05) is 12.6 Å². The van der Waals surface area contributed by atoms with Crippen LogP contribution in [0, 0.1) is 17.1 Å². The van der Waals surface area contributed by atoms with Crippen LogP contribution in [0.1, 0.15) is 24.8 Å².